The monoisotopic (exact) mass is 333 g/mol. The van der Waals surface area contributed by atoms with Gasteiger partial charge in [0, 0.05) is 45.3 Å². The number of rotatable bonds is 5. The Kier molecular flexibility index (Phi) is 6.09. The number of likely N-dealkylation sites (N-methyl/N-ethyl adjacent to an activating group) is 1. The number of nitrogens with one attached hydrogen (secondary N) is 1. The number of piperazine rings is 1. The summed E-state index contributed by atoms with van der Waals surface area (Å²) in [5.74, 6) is 0.862. The normalized spacial score (nSPS) is 32.2. The molecular weight excluding hydrogens is 302 g/mol. The van der Waals surface area contributed by atoms with Gasteiger partial charge in [0.1, 0.15) is 6.04 Å². The molecule has 0 aromatic carbocycles. The van der Waals surface area contributed by atoms with E-state index in [1.54, 1.807) is 4.90 Å². The average Bonchev–Trinajstić information content (AvgIpc) is 3.23. The highest BCUT2D eigenvalue weighted by molar-refractivity contribution is 5.79. The summed E-state index contributed by atoms with van der Waals surface area (Å²) in [4.78, 5) is 19.0. The van der Waals surface area contributed by atoms with Gasteiger partial charge >= 0.3 is 0 Å². The smallest absolute Gasteiger partial charge is 0.237 e. The molecule has 24 heavy (non-hydrogen) atoms. The van der Waals surface area contributed by atoms with Crippen molar-refractivity contribution >= 4 is 5.91 Å². The minimum atomic E-state index is -0.201. The molecule has 3 fully saturated rings. The number of likely N-dealkylation sites (tertiary alicyclic amines) is 1. The Morgan fingerprint density at radius 3 is 2.71 bits per heavy atom. The maximum absolute atomic E-state index is 12.3. The number of nitriles is 1. The van der Waals surface area contributed by atoms with Crippen molar-refractivity contribution in [1.82, 2.24) is 20.0 Å². The van der Waals surface area contributed by atoms with Crippen LogP contribution >= 0.6 is 0 Å². The molecule has 2 saturated heterocycles. The number of nitrogens with zero attached hydrogens (tertiary/aromatic N) is 4. The van der Waals surface area contributed by atoms with Crippen LogP contribution in [0.1, 0.15) is 32.1 Å². The van der Waals surface area contributed by atoms with Crippen LogP contribution in [0.2, 0.25) is 0 Å². The van der Waals surface area contributed by atoms with Gasteiger partial charge in [-0.1, -0.05) is 0 Å². The van der Waals surface area contributed by atoms with E-state index in [9.17, 15) is 4.79 Å². The van der Waals surface area contributed by atoms with E-state index < -0.39 is 0 Å². The molecule has 1 N–H and O–H groups in total. The Hall–Kier alpha value is -1.16. The number of carbonyl (C=O) groups excluding carboxylic acids is 1. The first kappa shape index (κ1) is 17.7. The minimum absolute atomic E-state index is 0.0987. The first-order valence-corrected chi connectivity index (χ1v) is 9.49. The van der Waals surface area contributed by atoms with Crippen molar-refractivity contribution in [2.45, 2.75) is 44.2 Å². The van der Waals surface area contributed by atoms with E-state index >= 15 is 0 Å². The highest BCUT2D eigenvalue weighted by Gasteiger charge is 2.30. The summed E-state index contributed by atoms with van der Waals surface area (Å²) in [6.07, 6.45) is 5.41. The van der Waals surface area contributed by atoms with Crippen molar-refractivity contribution in [2.24, 2.45) is 5.92 Å². The third kappa shape index (κ3) is 4.47. The van der Waals surface area contributed by atoms with Gasteiger partial charge in [0.05, 0.1) is 12.6 Å². The van der Waals surface area contributed by atoms with Gasteiger partial charge in [-0.2, -0.15) is 5.26 Å². The van der Waals surface area contributed by atoms with Crippen molar-refractivity contribution < 1.29 is 4.79 Å². The van der Waals surface area contributed by atoms with Crippen molar-refractivity contribution in [3.63, 3.8) is 0 Å². The van der Waals surface area contributed by atoms with E-state index in [-0.39, 0.29) is 11.9 Å². The van der Waals surface area contributed by atoms with Crippen LogP contribution in [-0.2, 0) is 4.79 Å². The van der Waals surface area contributed by atoms with Crippen LogP contribution in [0.15, 0.2) is 0 Å². The standard InChI is InChI=1S/C18H31N5O/c1-21-7-9-22(10-8-21)14-15-4-5-16(11-15)20-13-18(24)23-6-2-3-17(23)12-19/h15-17,20H,2-11,13-14H2,1H3/t15-,16-,17+/m1/s1. The van der Waals surface area contributed by atoms with E-state index in [1.165, 1.54) is 52.0 Å². The molecule has 2 aliphatic heterocycles. The van der Waals surface area contributed by atoms with Crippen molar-refractivity contribution in [1.29, 1.82) is 5.26 Å². The SMILES string of the molecule is CN1CCN(C[C@@H]2CC[C@@H](NCC(=O)N3CCC[C@H]3C#N)C2)CC1. The minimum Gasteiger partial charge on any atom is -0.326 e. The lowest BCUT2D eigenvalue weighted by molar-refractivity contribution is -0.130. The molecule has 1 amide bonds. The first-order valence-electron chi connectivity index (χ1n) is 9.49. The second-order valence-electron chi connectivity index (χ2n) is 7.74. The van der Waals surface area contributed by atoms with Gasteiger partial charge < -0.3 is 20.0 Å². The zero-order valence-electron chi connectivity index (χ0n) is 14.9. The zero-order chi connectivity index (χ0) is 16.9. The molecule has 1 aliphatic carbocycles. The van der Waals surface area contributed by atoms with Crippen LogP contribution < -0.4 is 5.32 Å². The van der Waals surface area contributed by atoms with Crippen LogP contribution in [0.25, 0.3) is 0 Å². The molecule has 6 nitrogen and oxygen atoms in total. The second kappa shape index (κ2) is 8.28. The maximum Gasteiger partial charge on any atom is 0.237 e. The van der Waals surface area contributed by atoms with Gasteiger partial charge in [0.25, 0.3) is 0 Å². The lowest BCUT2D eigenvalue weighted by Crippen LogP contribution is -2.46. The molecular formula is C18H31N5O. The largest absolute Gasteiger partial charge is 0.326 e. The number of hydrogen-bond donors (Lipinski definition) is 1. The molecule has 0 unspecified atom stereocenters. The zero-order valence-corrected chi connectivity index (χ0v) is 14.9. The quantitative estimate of drug-likeness (QED) is 0.794. The molecule has 3 rings (SSSR count). The Morgan fingerprint density at radius 1 is 1.17 bits per heavy atom. The molecule has 0 spiro atoms. The highest BCUT2D eigenvalue weighted by atomic mass is 16.2. The molecule has 0 aromatic rings. The van der Waals surface area contributed by atoms with Crippen LogP contribution in [0.3, 0.4) is 0 Å². The predicted molar refractivity (Wildman–Crippen MR) is 93.4 cm³/mol. The summed E-state index contributed by atoms with van der Waals surface area (Å²) < 4.78 is 0. The number of carbonyl (C=O) groups is 1. The van der Waals surface area contributed by atoms with Crippen molar-refractivity contribution in [3.8, 4) is 6.07 Å². The molecule has 6 heteroatoms. The van der Waals surface area contributed by atoms with Crippen LogP contribution in [0.5, 0.6) is 0 Å². The second-order valence-corrected chi connectivity index (χ2v) is 7.74. The van der Waals surface area contributed by atoms with E-state index in [0.29, 0.717) is 12.6 Å². The molecule has 0 radical (unpaired) electrons. The third-order valence-corrected chi connectivity index (χ3v) is 5.92. The molecule has 2 heterocycles. The topological polar surface area (TPSA) is 62.6 Å². The summed E-state index contributed by atoms with van der Waals surface area (Å²) in [7, 11) is 2.20. The molecule has 3 aliphatic rings. The van der Waals surface area contributed by atoms with Gasteiger partial charge in [-0.15, -0.1) is 0 Å². The average molecular weight is 333 g/mol. The maximum atomic E-state index is 12.3. The van der Waals surface area contributed by atoms with Gasteiger partial charge in [0.2, 0.25) is 5.91 Å². The van der Waals surface area contributed by atoms with Gasteiger partial charge in [-0.3, -0.25) is 4.79 Å². The van der Waals surface area contributed by atoms with Crippen molar-refractivity contribution in [3.05, 3.63) is 0 Å². The van der Waals surface area contributed by atoms with Crippen LogP contribution in [0.4, 0.5) is 0 Å². The van der Waals surface area contributed by atoms with Gasteiger partial charge in [0.15, 0.2) is 0 Å². The molecule has 134 valence electrons. The fourth-order valence-corrected chi connectivity index (χ4v) is 4.35. The fourth-order valence-electron chi connectivity index (χ4n) is 4.35. The van der Waals surface area contributed by atoms with Crippen LogP contribution in [0, 0.1) is 17.2 Å². The first-order chi connectivity index (χ1) is 11.7. The van der Waals surface area contributed by atoms with E-state index in [2.05, 4.69) is 28.2 Å². The summed E-state index contributed by atoms with van der Waals surface area (Å²) in [5.41, 5.74) is 0. The lowest BCUT2D eigenvalue weighted by atomic mass is 10.1. The number of amides is 1. The van der Waals surface area contributed by atoms with E-state index in [0.717, 1.165) is 25.3 Å². The molecule has 0 bridgehead atoms. The van der Waals surface area contributed by atoms with E-state index in [1.807, 2.05) is 0 Å². The summed E-state index contributed by atoms with van der Waals surface area (Å²) in [5, 5.41) is 12.5. The number of hydrogen-bond acceptors (Lipinski definition) is 5. The van der Waals surface area contributed by atoms with Gasteiger partial charge in [-0.05, 0) is 45.1 Å². The van der Waals surface area contributed by atoms with Gasteiger partial charge in [-0.25, -0.2) is 0 Å². The fraction of sp³-hybridized carbons (Fsp3) is 0.889. The summed E-state index contributed by atoms with van der Waals surface area (Å²) in [6, 6.07) is 2.51. The summed E-state index contributed by atoms with van der Waals surface area (Å²) in [6.45, 7) is 7.09. The predicted octanol–water partition coefficient (Wildman–Crippen LogP) is 0.507. The highest BCUT2D eigenvalue weighted by Crippen LogP contribution is 2.26. The molecule has 0 aromatic heterocycles. The summed E-state index contributed by atoms with van der Waals surface area (Å²) >= 11 is 0. The van der Waals surface area contributed by atoms with Crippen LogP contribution in [-0.4, -0.2) is 85.6 Å². The molecule has 3 atom stereocenters. The Bertz CT molecular complexity index is 469. The van der Waals surface area contributed by atoms with E-state index in [4.69, 9.17) is 5.26 Å². The Labute approximate surface area is 145 Å². The Morgan fingerprint density at radius 2 is 1.96 bits per heavy atom. The Balaban J connectivity index is 1.36. The molecule has 1 saturated carbocycles. The third-order valence-electron chi connectivity index (χ3n) is 5.92. The lowest BCUT2D eigenvalue weighted by Gasteiger charge is -2.34. The van der Waals surface area contributed by atoms with Crippen molar-refractivity contribution in [2.75, 3.05) is 52.9 Å².